The Hall–Kier alpha value is -1.81. The van der Waals surface area contributed by atoms with Crippen molar-refractivity contribution in [3.05, 3.63) is 36.5 Å². The van der Waals surface area contributed by atoms with Gasteiger partial charge in [0.15, 0.2) is 6.29 Å². The van der Waals surface area contributed by atoms with Gasteiger partial charge in [-0.3, -0.25) is 4.98 Å². The highest BCUT2D eigenvalue weighted by Gasteiger charge is 2.44. The van der Waals surface area contributed by atoms with Crippen LogP contribution in [-0.2, 0) is 14.2 Å². The van der Waals surface area contributed by atoms with Gasteiger partial charge in [0.1, 0.15) is 30.2 Å². The molecule has 0 amide bonds. The zero-order valence-electron chi connectivity index (χ0n) is 18.6. The summed E-state index contributed by atoms with van der Waals surface area (Å²) in [4.78, 5) is 4.31. The number of hydrogen-bond donors (Lipinski definition) is 3. The molecular weight excluding hydrogens is 414 g/mol. The predicted octanol–water partition coefficient (Wildman–Crippen LogP) is 2.42. The minimum atomic E-state index is -1.32. The van der Waals surface area contributed by atoms with Gasteiger partial charge in [0, 0.05) is 25.3 Å². The quantitative estimate of drug-likeness (QED) is 0.400. The van der Waals surface area contributed by atoms with E-state index in [0.29, 0.717) is 13.2 Å². The molecule has 3 N–H and O–H groups in total. The van der Waals surface area contributed by atoms with E-state index in [1.165, 1.54) is 7.11 Å². The third-order valence-electron chi connectivity index (χ3n) is 5.66. The first-order valence-corrected chi connectivity index (χ1v) is 11.4. The van der Waals surface area contributed by atoms with Crippen LogP contribution in [0.25, 0.3) is 10.9 Å². The highest BCUT2D eigenvalue weighted by Crippen LogP contribution is 2.23. The minimum absolute atomic E-state index is 0.118. The van der Waals surface area contributed by atoms with E-state index in [2.05, 4.69) is 4.98 Å². The Bertz CT molecular complexity index is 805. The number of aliphatic hydroxyl groups excluding tert-OH is 3. The molecule has 1 aromatic carbocycles. The molecule has 2 aromatic rings. The first kappa shape index (κ1) is 24.8. The summed E-state index contributed by atoms with van der Waals surface area (Å²) in [5.41, 5.74) is 0.969. The van der Waals surface area contributed by atoms with Gasteiger partial charge in [-0.1, -0.05) is 31.7 Å². The summed E-state index contributed by atoms with van der Waals surface area (Å²) in [6, 6.07) is 9.91. The van der Waals surface area contributed by atoms with Crippen LogP contribution in [0, 0.1) is 0 Å². The van der Waals surface area contributed by atoms with Crippen LogP contribution < -0.4 is 4.74 Å². The van der Waals surface area contributed by atoms with Crippen LogP contribution in [0.5, 0.6) is 5.75 Å². The first-order valence-electron chi connectivity index (χ1n) is 11.4. The molecule has 0 bridgehead atoms. The molecule has 8 heteroatoms. The predicted molar refractivity (Wildman–Crippen MR) is 119 cm³/mol. The summed E-state index contributed by atoms with van der Waals surface area (Å²) in [6.07, 6.45) is 2.46. The number of fused-ring (bicyclic) bond motifs is 1. The molecule has 1 unspecified atom stereocenters. The number of benzene rings is 1. The standard InChI is InChI=1S/C24H35NO7/c1-29-16-20-21(26)22(27)23(28)24(32-20)31-14-7-5-3-2-4-6-13-30-18-10-11-19-17(15-18)9-8-12-25-19/h8-12,15,20-24,26-28H,2-7,13-14,16H2,1H3/t20-,21-,22+,23-,24?/m1/s1. The fourth-order valence-electron chi connectivity index (χ4n) is 3.80. The maximum atomic E-state index is 10.0. The number of unbranched alkanes of at least 4 members (excludes halogenated alkanes) is 5. The van der Waals surface area contributed by atoms with Gasteiger partial charge in [0.05, 0.1) is 18.7 Å². The monoisotopic (exact) mass is 449 g/mol. The van der Waals surface area contributed by atoms with Crippen LogP contribution in [0.15, 0.2) is 36.5 Å². The fourth-order valence-corrected chi connectivity index (χ4v) is 3.80. The van der Waals surface area contributed by atoms with Crippen LogP contribution >= 0.6 is 0 Å². The summed E-state index contributed by atoms with van der Waals surface area (Å²) in [6.45, 7) is 1.24. The van der Waals surface area contributed by atoms with Crippen molar-refractivity contribution in [3.63, 3.8) is 0 Å². The third-order valence-corrected chi connectivity index (χ3v) is 5.66. The SMILES string of the molecule is COC[C@H]1OC(OCCCCCCCCOc2ccc3ncccc3c2)[C@H](O)[C@@H](O)[C@@H]1O. The van der Waals surface area contributed by atoms with Gasteiger partial charge in [-0.25, -0.2) is 0 Å². The van der Waals surface area contributed by atoms with Gasteiger partial charge in [-0.2, -0.15) is 0 Å². The topological polar surface area (TPSA) is 111 Å². The van der Waals surface area contributed by atoms with Crippen LogP contribution in [0.3, 0.4) is 0 Å². The molecule has 0 saturated carbocycles. The van der Waals surface area contributed by atoms with Crippen molar-refractivity contribution in [2.45, 2.75) is 69.2 Å². The van der Waals surface area contributed by atoms with E-state index in [-0.39, 0.29) is 6.61 Å². The molecule has 32 heavy (non-hydrogen) atoms. The smallest absolute Gasteiger partial charge is 0.186 e. The fraction of sp³-hybridized carbons (Fsp3) is 0.625. The van der Waals surface area contributed by atoms with E-state index < -0.39 is 30.7 Å². The van der Waals surface area contributed by atoms with Crippen LogP contribution in [0.2, 0.25) is 0 Å². The molecule has 1 aromatic heterocycles. The number of pyridine rings is 1. The van der Waals surface area contributed by atoms with Gasteiger partial charge in [0.25, 0.3) is 0 Å². The number of ether oxygens (including phenoxy) is 4. The lowest BCUT2D eigenvalue weighted by Crippen LogP contribution is -2.59. The minimum Gasteiger partial charge on any atom is -0.494 e. The maximum Gasteiger partial charge on any atom is 0.186 e. The highest BCUT2D eigenvalue weighted by molar-refractivity contribution is 5.79. The number of hydrogen-bond acceptors (Lipinski definition) is 8. The molecule has 0 aliphatic carbocycles. The lowest BCUT2D eigenvalue weighted by atomic mass is 9.99. The van der Waals surface area contributed by atoms with E-state index >= 15 is 0 Å². The van der Waals surface area contributed by atoms with Gasteiger partial charge in [-0.15, -0.1) is 0 Å². The zero-order valence-corrected chi connectivity index (χ0v) is 18.6. The number of nitrogens with zero attached hydrogens (tertiary/aromatic N) is 1. The number of aromatic nitrogens is 1. The molecule has 2 heterocycles. The van der Waals surface area contributed by atoms with Crippen LogP contribution in [0.4, 0.5) is 0 Å². The molecule has 0 spiro atoms. The van der Waals surface area contributed by atoms with Gasteiger partial charge >= 0.3 is 0 Å². The Morgan fingerprint density at radius 2 is 1.66 bits per heavy atom. The van der Waals surface area contributed by atoms with E-state index in [1.54, 1.807) is 6.20 Å². The van der Waals surface area contributed by atoms with Crippen molar-refractivity contribution in [1.82, 2.24) is 4.98 Å². The average Bonchev–Trinajstić information content (AvgIpc) is 2.81. The molecule has 1 aliphatic heterocycles. The van der Waals surface area contributed by atoms with E-state index in [1.807, 2.05) is 30.3 Å². The lowest BCUT2D eigenvalue weighted by Gasteiger charge is -2.40. The highest BCUT2D eigenvalue weighted by atomic mass is 16.7. The van der Waals surface area contributed by atoms with Gasteiger partial charge < -0.3 is 34.3 Å². The molecule has 3 rings (SSSR count). The average molecular weight is 450 g/mol. The molecule has 0 radical (unpaired) electrons. The molecule has 5 atom stereocenters. The van der Waals surface area contributed by atoms with E-state index in [9.17, 15) is 15.3 Å². The maximum absolute atomic E-state index is 10.0. The molecule has 1 saturated heterocycles. The van der Waals surface area contributed by atoms with Crippen molar-refractivity contribution in [2.24, 2.45) is 0 Å². The molecule has 178 valence electrons. The zero-order chi connectivity index (χ0) is 22.8. The van der Waals surface area contributed by atoms with E-state index in [4.69, 9.17) is 18.9 Å². The number of methoxy groups -OCH3 is 1. The van der Waals surface area contributed by atoms with Crippen molar-refractivity contribution in [2.75, 3.05) is 26.9 Å². The van der Waals surface area contributed by atoms with Crippen molar-refractivity contribution in [3.8, 4) is 5.75 Å². The lowest BCUT2D eigenvalue weighted by molar-refractivity contribution is -0.302. The summed E-state index contributed by atoms with van der Waals surface area (Å²) < 4.78 is 21.9. The summed E-state index contributed by atoms with van der Waals surface area (Å²) in [7, 11) is 1.48. The number of rotatable bonds is 13. The second-order valence-corrected chi connectivity index (χ2v) is 8.17. The first-order chi connectivity index (χ1) is 15.6. The Balaban J connectivity index is 1.22. The Morgan fingerprint density at radius 3 is 2.44 bits per heavy atom. The Kier molecular flexibility index (Phi) is 10.1. The number of aliphatic hydroxyl groups is 3. The molecule has 8 nitrogen and oxygen atoms in total. The normalized spacial score (nSPS) is 25.8. The molecular formula is C24H35NO7. The molecule has 1 fully saturated rings. The summed E-state index contributed by atoms with van der Waals surface area (Å²) >= 11 is 0. The largest absolute Gasteiger partial charge is 0.494 e. The summed E-state index contributed by atoms with van der Waals surface area (Å²) in [5, 5.41) is 31.0. The van der Waals surface area contributed by atoms with Gasteiger partial charge in [0.2, 0.25) is 0 Å². The Labute approximate surface area is 189 Å². The molecule has 1 aliphatic rings. The van der Waals surface area contributed by atoms with Crippen LogP contribution in [0.1, 0.15) is 38.5 Å². The van der Waals surface area contributed by atoms with Crippen molar-refractivity contribution < 1.29 is 34.3 Å². The van der Waals surface area contributed by atoms with Gasteiger partial charge in [-0.05, 0) is 37.1 Å². The summed E-state index contributed by atoms with van der Waals surface area (Å²) in [5.74, 6) is 0.875. The Morgan fingerprint density at radius 1 is 0.906 bits per heavy atom. The van der Waals surface area contributed by atoms with Crippen molar-refractivity contribution >= 4 is 10.9 Å². The third kappa shape index (κ3) is 7.10. The van der Waals surface area contributed by atoms with E-state index in [0.717, 1.165) is 55.2 Å². The second kappa shape index (κ2) is 13.0. The van der Waals surface area contributed by atoms with Crippen molar-refractivity contribution in [1.29, 1.82) is 0 Å². The van der Waals surface area contributed by atoms with Crippen LogP contribution in [-0.4, -0.2) is 77.9 Å². The second-order valence-electron chi connectivity index (χ2n) is 8.17.